The van der Waals surface area contributed by atoms with Crippen molar-refractivity contribution < 1.29 is 9.53 Å². The van der Waals surface area contributed by atoms with Crippen molar-refractivity contribution in [2.24, 2.45) is 0 Å². The van der Waals surface area contributed by atoms with Gasteiger partial charge in [-0.15, -0.1) is 11.3 Å². The molecule has 1 aromatic heterocycles. The first-order valence-electron chi connectivity index (χ1n) is 7.98. The van der Waals surface area contributed by atoms with Gasteiger partial charge in [0.15, 0.2) is 5.13 Å². The predicted molar refractivity (Wildman–Crippen MR) is 97.1 cm³/mol. The van der Waals surface area contributed by atoms with Crippen LogP contribution in [0.3, 0.4) is 0 Å². The number of nitrogens with one attached hydrogen (secondary N) is 1. The van der Waals surface area contributed by atoms with Crippen LogP contribution in [0, 0.1) is 6.92 Å². The minimum absolute atomic E-state index is 0.00454. The number of amides is 1. The molecule has 1 aromatic carbocycles. The van der Waals surface area contributed by atoms with Crippen LogP contribution in [0.15, 0.2) is 29.6 Å². The van der Waals surface area contributed by atoms with Gasteiger partial charge < -0.3 is 15.0 Å². The van der Waals surface area contributed by atoms with Gasteiger partial charge in [-0.1, -0.05) is 12.1 Å². The molecule has 1 aliphatic rings. The van der Waals surface area contributed by atoms with E-state index in [1.165, 1.54) is 11.3 Å². The Hall–Kier alpha value is -2.12. The zero-order valence-electron chi connectivity index (χ0n) is 14.0. The summed E-state index contributed by atoms with van der Waals surface area (Å²) < 4.78 is 5.43. The number of carbonyl (C=O) groups is 1. The lowest BCUT2D eigenvalue weighted by atomic mass is 10.2. The summed E-state index contributed by atoms with van der Waals surface area (Å²) in [5.41, 5.74) is 2.04. The van der Waals surface area contributed by atoms with Crippen LogP contribution in [0.5, 0.6) is 5.75 Å². The number of thiazole rings is 1. The van der Waals surface area contributed by atoms with E-state index in [-0.39, 0.29) is 5.91 Å². The molecule has 1 aliphatic heterocycles. The van der Waals surface area contributed by atoms with E-state index in [1.807, 2.05) is 30.5 Å². The van der Waals surface area contributed by atoms with E-state index in [2.05, 4.69) is 26.2 Å². The van der Waals surface area contributed by atoms with Gasteiger partial charge in [-0.25, -0.2) is 4.98 Å². The molecule has 1 saturated heterocycles. The quantitative estimate of drug-likeness (QED) is 0.900. The van der Waals surface area contributed by atoms with Gasteiger partial charge in [0.05, 0.1) is 25.0 Å². The van der Waals surface area contributed by atoms with Crippen molar-refractivity contribution in [3.05, 3.63) is 35.3 Å². The Balaban J connectivity index is 1.51. The summed E-state index contributed by atoms with van der Waals surface area (Å²) in [5, 5.41) is 5.47. The molecule has 3 rings (SSSR count). The van der Waals surface area contributed by atoms with Crippen LogP contribution in [-0.2, 0) is 4.79 Å². The molecule has 0 bridgehead atoms. The van der Waals surface area contributed by atoms with Crippen molar-refractivity contribution in [2.75, 3.05) is 50.1 Å². The SMILES string of the molecule is COc1ccccc1N1CCN(CC(=O)Nc2nc(C)cs2)CC1. The number of ether oxygens (including phenoxy) is 1. The summed E-state index contributed by atoms with van der Waals surface area (Å²) in [6.07, 6.45) is 0. The molecule has 0 unspecified atom stereocenters. The summed E-state index contributed by atoms with van der Waals surface area (Å²) in [6.45, 7) is 5.78. The van der Waals surface area contributed by atoms with E-state index < -0.39 is 0 Å². The molecule has 1 N–H and O–H groups in total. The highest BCUT2D eigenvalue weighted by Gasteiger charge is 2.21. The maximum absolute atomic E-state index is 12.1. The van der Waals surface area contributed by atoms with Crippen LogP contribution in [0.2, 0.25) is 0 Å². The highest BCUT2D eigenvalue weighted by atomic mass is 32.1. The molecule has 0 radical (unpaired) electrons. The van der Waals surface area contributed by atoms with E-state index in [9.17, 15) is 4.79 Å². The predicted octanol–water partition coefficient (Wildman–Crippen LogP) is 2.22. The van der Waals surface area contributed by atoms with Crippen molar-refractivity contribution in [1.82, 2.24) is 9.88 Å². The van der Waals surface area contributed by atoms with Crippen LogP contribution >= 0.6 is 11.3 Å². The second kappa shape index (κ2) is 7.63. The Labute approximate surface area is 146 Å². The zero-order valence-corrected chi connectivity index (χ0v) is 14.8. The van der Waals surface area contributed by atoms with Crippen LogP contribution < -0.4 is 15.0 Å². The Morgan fingerprint density at radius 2 is 2.04 bits per heavy atom. The number of anilines is 2. The van der Waals surface area contributed by atoms with Crippen LogP contribution in [-0.4, -0.2) is 55.6 Å². The molecular weight excluding hydrogens is 324 g/mol. The monoisotopic (exact) mass is 346 g/mol. The van der Waals surface area contributed by atoms with E-state index in [1.54, 1.807) is 7.11 Å². The topological polar surface area (TPSA) is 57.7 Å². The molecule has 0 spiro atoms. The van der Waals surface area contributed by atoms with E-state index in [4.69, 9.17) is 4.74 Å². The lowest BCUT2D eigenvalue weighted by Gasteiger charge is -2.36. The van der Waals surface area contributed by atoms with Crippen LogP contribution in [0.1, 0.15) is 5.69 Å². The van der Waals surface area contributed by atoms with Gasteiger partial charge in [-0.05, 0) is 19.1 Å². The molecular formula is C17H22N4O2S. The summed E-state index contributed by atoms with van der Waals surface area (Å²) in [4.78, 5) is 20.9. The first-order chi connectivity index (χ1) is 11.7. The van der Waals surface area contributed by atoms with E-state index in [0.717, 1.165) is 43.3 Å². The van der Waals surface area contributed by atoms with Gasteiger partial charge in [0.2, 0.25) is 5.91 Å². The van der Waals surface area contributed by atoms with Gasteiger partial charge in [0.1, 0.15) is 5.75 Å². The van der Waals surface area contributed by atoms with Crippen LogP contribution in [0.4, 0.5) is 10.8 Å². The molecule has 24 heavy (non-hydrogen) atoms. The van der Waals surface area contributed by atoms with Gasteiger partial charge in [-0.2, -0.15) is 0 Å². The molecule has 7 heteroatoms. The molecule has 128 valence electrons. The number of carbonyl (C=O) groups excluding carboxylic acids is 1. The second-order valence-corrected chi connectivity index (χ2v) is 6.64. The average molecular weight is 346 g/mol. The zero-order chi connectivity index (χ0) is 16.9. The highest BCUT2D eigenvalue weighted by molar-refractivity contribution is 7.13. The number of benzene rings is 1. The summed E-state index contributed by atoms with van der Waals surface area (Å²) in [6, 6.07) is 8.05. The van der Waals surface area contributed by atoms with Gasteiger partial charge in [0, 0.05) is 31.6 Å². The summed E-state index contributed by atoms with van der Waals surface area (Å²) in [5.74, 6) is 0.887. The molecule has 0 saturated carbocycles. The maximum Gasteiger partial charge on any atom is 0.240 e. The first-order valence-corrected chi connectivity index (χ1v) is 8.86. The largest absolute Gasteiger partial charge is 0.495 e. The van der Waals surface area contributed by atoms with Gasteiger partial charge in [-0.3, -0.25) is 9.69 Å². The molecule has 2 aromatic rings. The van der Waals surface area contributed by atoms with Gasteiger partial charge in [0.25, 0.3) is 0 Å². The summed E-state index contributed by atoms with van der Waals surface area (Å²) >= 11 is 1.46. The minimum atomic E-state index is -0.00454. The fourth-order valence-corrected chi connectivity index (χ4v) is 3.52. The van der Waals surface area contributed by atoms with Crippen molar-refractivity contribution in [1.29, 1.82) is 0 Å². The molecule has 2 heterocycles. The van der Waals surface area contributed by atoms with E-state index in [0.29, 0.717) is 11.7 Å². The van der Waals surface area contributed by atoms with Crippen molar-refractivity contribution >= 4 is 28.1 Å². The smallest absolute Gasteiger partial charge is 0.240 e. The molecule has 6 nitrogen and oxygen atoms in total. The van der Waals surface area contributed by atoms with Crippen molar-refractivity contribution in [3.8, 4) is 5.75 Å². The second-order valence-electron chi connectivity index (χ2n) is 5.78. The van der Waals surface area contributed by atoms with Crippen molar-refractivity contribution in [2.45, 2.75) is 6.92 Å². The number of methoxy groups -OCH3 is 1. The van der Waals surface area contributed by atoms with Crippen molar-refractivity contribution in [3.63, 3.8) is 0 Å². The number of rotatable bonds is 5. The molecule has 1 amide bonds. The third-order valence-corrected chi connectivity index (χ3v) is 4.91. The third kappa shape index (κ3) is 4.04. The number of hydrogen-bond acceptors (Lipinski definition) is 6. The molecule has 0 aliphatic carbocycles. The third-order valence-electron chi connectivity index (χ3n) is 4.03. The number of hydrogen-bond donors (Lipinski definition) is 1. The Bertz CT molecular complexity index is 695. The standard InChI is InChI=1S/C17H22N4O2S/c1-13-12-24-17(18-13)19-16(22)11-20-7-9-21(10-8-20)14-5-3-4-6-15(14)23-2/h3-6,12H,7-11H2,1-2H3,(H,18,19,22). The maximum atomic E-state index is 12.1. The highest BCUT2D eigenvalue weighted by Crippen LogP contribution is 2.28. The normalized spacial score (nSPS) is 15.3. The molecule has 0 atom stereocenters. The number of nitrogens with zero attached hydrogens (tertiary/aromatic N) is 3. The minimum Gasteiger partial charge on any atom is -0.495 e. The number of piperazine rings is 1. The number of para-hydroxylation sites is 2. The Morgan fingerprint density at radius 1 is 1.29 bits per heavy atom. The Kier molecular flexibility index (Phi) is 5.32. The number of aromatic nitrogens is 1. The van der Waals surface area contributed by atoms with E-state index >= 15 is 0 Å². The molecule has 1 fully saturated rings. The first kappa shape index (κ1) is 16.7. The average Bonchev–Trinajstić information content (AvgIpc) is 3.00. The lowest BCUT2D eigenvalue weighted by Crippen LogP contribution is -2.48. The fraction of sp³-hybridized carbons (Fsp3) is 0.412. The Morgan fingerprint density at radius 3 is 2.71 bits per heavy atom. The lowest BCUT2D eigenvalue weighted by molar-refractivity contribution is -0.117. The fourth-order valence-electron chi connectivity index (χ4n) is 2.81. The summed E-state index contributed by atoms with van der Waals surface area (Å²) in [7, 11) is 1.69. The van der Waals surface area contributed by atoms with Gasteiger partial charge >= 0.3 is 0 Å². The van der Waals surface area contributed by atoms with Crippen LogP contribution in [0.25, 0.3) is 0 Å². The number of aryl methyl sites for hydroxylation is 1.